The summed E-state index contributed by atoms with van der Waals surface area (Å²) < 4.78 is 6.56. The zero-order valence-corrected chi connectivity index (χ0v) is 19.0. The minimum atomic E-state index is 0.308. The smallest absolute Gasteiger partial charge is 0.293 e. The van der Waals surface area contributed by atoms with Gasteiger partial charge in [0.25, 0.3) is 6.47 Å². The van der Waals surface area contributed by atoms with Crippen molar-refractivity contribution in [1.29, 1.82) is 0 Å². The van der Waals surface area contributed by atoms with Crippen LogP contribution in [-0.2, 0) is 14.3 Å². The van der Waals surface area contributed by atoms with Gasteiger partial charge in [0, 0.05) is 37.0 Å². The fraction of sp³-hybridized carbons (Fsp3) is 0.652. The minimum absolute atomic E-state index is 0.308. The number of hydrogen-bond acceptors (Lipinski definition) is 5. The highest BCUT2D eigenvalue weighted by atomic mass is 32.2. The van der Waals surface area contributed by atoms with E-state index in [2.05, 4.69) is 51.2 Å². The van der Waals surface area contributed by atoms with Crippen LogP contribution in [0.5, 0.6) is 0 Å². The van der Waals surface area contributed by atoms with Gasteiger partial charge in [-0.3, -0.25) is 9.59 Å². The number of ether oxygens (including phenoxy) is 1. The summed E-state index contributed by atoms with van der Waals surface area (Å²) >= 11 is 1.40. The number of carbonyl (C=O) groups excluding carboxylic acids is 2. The third-order valence-electron chi connectivity index (χ3n) is 4.48. The van der Waals surface area contributed by atoms with Crippen molar-refractivity contribution in [3.63, 3.8) is 0 Å². The largest absolute Gasteiger partial charge is 0.468 e. The molecular weight excluding hydrogens is 370 g/mol. The van der Waals surface area contributed by atoms with Crippen molar-refractivity contribution in [2.75, 3.05) is 13.2 Å². The van der Waals surface area contributed by atoms with E-state index in [1.807, 2.05) is 10.5 Å². The Balaban J connectivity index is 0.000000470. The zero-order valence-electron chi connectivity index (χ0n) is 18.2. The fourth-order valence-electron chi connectivity index (χ4n) is 2.88. The Morgan fingerprint density at radius 3 is 2.39 bits per heavy atom. The average molecular weight is 410 g/mol. The molecule has 5 heteroatoms. The maximum Gasteiger partial charge on any atom is 0.293 e. The lowest BCUT2D eigenvalue weighted by molar-refractivity contribution is -0.128. The van der Waals surface area contributed by atoms with E-state index in [1.54, 1.807) is 6.08 Å². The molecule has 0 radical (unpaired) electrons. The number of carbonyl (C=O) groups is 2. The highest BCUT2D eigenvalue weighted by Crippen LogP contribution is 2.34. The van der Waals surface area contributed by atoms with E-state index in [0.29, 0.717) is 30.0 Å². The highest BCUT2D eigenvalue weighted by Gasteiger charge is 2.29. The van der Waals surface area contributed by atoms with Gasteiger partial charge in [-0.05, 0) is 36.8 Å². The van der Waals surface area contributed by atoms with Gasteiger partial charge >= 0.3 is 0 Å². The van der Waals surface area contributed by atoms with Crippen LogP contribution in [0.1, 0.15) is 72.6 Å². The van der Waals surface area contributed by atoms with E-state index in [9.17, 15) is 9.59 Å². The first-order valence-electron chi connectivity index (χ1n) is 10.6. The van der Waals surface area contributed by atoms with Crippen LogP contribution in [0.4, 0.5) is 0 Å². The second kappa shape index (κ2) is 17.6. The van der Waals surface area contributed by atoms with Crippen LogP contribution in [0.15, 0.2) is 36.6 Å². The molecule has 2 aliphatic rings. The lowest BCUT2D eigenvalue weighted by Crippen LogP contribution is -2.27. The van der Waals surface area contributed by atoms with Crippen molar-refractivity contribution < 1.29 is 14.3 Å². The van der Waals surface area contributed by atoms with Crippen LogP contribution in [0.2, 0.25) is 0 Å². The number of nitrogens with zero attached hydrogens (tertiary/aromatic N) is 1. The predicted octanol–water partition coefficient (Wildman–Crippen LogP) is 6.31. The Morgan fingerprint density at radius 1 is 1.29 bits per heavy atom. The molecule has 1 heterocycles. The van der Waals surface area contributed by atoms with Gasteiger partial charge in [0.2, 0.25) is 5.12 Å². The van der Waals surface area contributed by atoms with Gasteiger partial charge in [-0.1, -0.05) is 65.7 Å². The fourth-order valence-corrected chi connectivity index (χ4v) is 3.91. The molecule has 0 aromatic carbocycles. The molecule has 0 spiro atoms. The van der Waals surface area contributed by atoms with Crippen molar-refractivity contribution in [2.45, 2.75) is 72.6 Å². The van der Waals surface area contributed by atoms with Crippen LogP contribution in [0.25, 0.3) is 0 Å². The summed E-state index contributed by atoms with van der Waals surface area (Å²) in [4.78, 5) is 21.7. The summed E-state index contributed by atoms with van der Waals surface area (Å²) in [5.41, 5.74) is 1.13. The second-order valence-corrected chi connectivity index (χ2v) is 8.13. The van der Waals surface area contributed by atoms with Crippen molar-refractivity contribution >= 4 is 23.5 Å². The number of allylic oxidation sites excluding steroid dienone is 2. The molecule has 160 valence electrons. The normalized spacial score (nSPS) is 20.6. The molecule has 1 saturated carbocycles. The molecule has 0 amide bonds. The van der Waals surface area contributed by atoms with Crippen molar-refractivity contribution in [3.05, 3.63) is 36.6 Å². The highest BCUT2D eigenvalue weighted by molar-refractivity contribution is 8.11. The molecule has 2 atom stereocenters. The van der Waals surface area contributed by atoms with Gasteiger partial charge in [0.05, 0.1) is 6.61 Å². The number of hydrogen-bond donors (Lipinski definition) is 0. The quantitative estimate of drug-likeness (QED) is 0.204. The maximum absolute atomic E-state index is 11.9. The van der Waals surface area contributed by atoms with Crippen molar-refractivity contribution in [3.8, 4) is 0 Å². The van der Waals surface area contributed by atoms with E-state index in [4.69, 9.17) is 0 Å². The van der Waals surface area contributed by atoms with Gasteiger partial charge in [0.15, 0.2) is 0 Å². The van der Waals surface area contributed by atoms with Gasteiger partial charge in [0.1, 0.15) is 0 Å². The van der Waals surface area contributed by atoms with Crippen LogP contribution < -0.4 is 0 Å². The van der Waals surface area contributed by atoms with Gasteiger partial charge in [-0.2, -0.15) is 0 Å². The molecule has 0 aromatic rings. The summed E-state index contributed by atoms with van der Waals surface area (Å²) in [6.07, 6.45) is 15.8. The summed E-state index contributed by atoms with van der Waals surface area (Å²) in [5, 5.41) is 0.376. The first-order valence-corrected chi connectivity index (χ1v) is 11.3. The maximum atomic E-state index is 11.9. The molecule has 0 saturated heterocycles. The second-order valence-electron chi connectivity index (χ2n) is 7.08. The standard InChI is InChI=1S/C11H17NOS.C9H14O2.C3H8/c1-9-5-2-3-6-10(9)11(13)14-12-7-4-8-12;1-3-5-9(4-2)6-7-11-8-10;1-3-2/h4,7,9-10H,2-3,5-6,8H2,1H3;4-5,8H,2-3,6-7H2,1H3;3H2,1-2H3/b;9-5+;/t9-,10?;;/m1../s1. The lowest BCUT2D eigenvalue weighted by Gasteiger charge is -2.30. The molecule has 1 aliphatic heterocycles. The van der Waals surface area contributed by atoms with E-state index >= 15 is 0 Å². The molecule has 1 fully saturated rings. The Bertz CT molecular complexity index is 502. The summed E-state index contributed by atoms with van der Waals surface area (Å²) in [6, 6.07) is 0. The molecule has 1 aliphatic carbocycles. The molecular formula is C23H39NO3S. The lowest BCUT2D eigenvalue weighted by atomic mass is 9.81. The van der Waals surface area contributed by atoms with E-state index < -0.39 is 0 Å². The van der Waals surface area contributed by atoms with Crippen LogP contribution in [0, 0.1) is 11.8 Å². The van der Waals surface area contributed by atoms with Crippen molar-refractivity contribution in [2.24, 2.45) is 11.8 Å². The van der Waals surface area contributed by atoms with Crippen molar-refractivity contribution in [1.82, 2.24) is 4.31 Å². The molecule has 1 unspecified atom stereocenters. The van der Waals surface area contributed by atoms with Gasteiger partial charge in [-0.25, -0.2) is 0 Å². The Morgan fingerprint density at radius 2 is 1.93 bits per heavy atom. The summed E-state index contributed by atoms with van der Waals surface area (Å²) in [5.74, 6) is 0.900. The third kappa shape index (κ3) is 12.1. The first kappa shape index (κ1) is 26.5. The van der Waals surface area contributed by atoms with E-state index in [-0.39, 0.29) is 0 Å². The monoisotopic (exact) mass is 409 g/mol. The predicted molar refractivity (Wildman–Crippen MR) is 121 cm³/mol. The van der Waals surface area contributed by atoms with Gasteiger partial charge in [-0.15, -0.1) is 0 Å². The molecule has 28 heavy (non-hydrogen) atoms. The van der Waals surface area contributed by atoms with Crippen LogP contribution in [0.3, 0.4) is 0 Å². The number of rotatable bonds is 8. The molecule has 0 bridgehead atoms. The van der Waals surface area contributed by atoms with E-state index in [1.165, 1.54) is 37.6 Å². The molecule has 2 rings (SSSR count). The van der Waals surface area contributed by atoms with Crippen LogP contribution in [-0.4, -0.2) is 29.0 Å². The Labute approximate surface area is 176 Å². The summed E-state index contributed by atoms with van der Waals surface area (Å²) in [7, 11) is 0. The van der Waals surface area contributed by atoms with Crippen LogP contribution >= 0.6 is 11.9 Å². The van der Waals surface area contributed by atoms with Gasteiger partial charge < -0.3 is 9.04 Å². The molecule has 0 N–H and O–H groups in total. The topological polar surface area (TPSA) is 46.6 Å². The Hall–Kier alpha value is -1.49. The molecule has 0 aromatic heterocycles. The van der Waals surface area contributed by atoms with E-state index in [0.717, 1.165) is 31.4 Å². The third-order valence-corrected chi connectivity index (χ3v) is 5.47. The average Bonchev–Trinajstić information content (AvgIpc) is 2.65. The Kier molecular flexibility index (Phi) is 16.7. The molecule has 4 nitrogen and oxygen atoms in total. The zero-order chi connectivity index (χ0) is 21.2. The summed E-state index contributed by atoms with van der Waals surface area (Å²) in [6.45, 7) is 14.0. The first-order chi connectivity index (χ1) is 13.5. The minimum Gasteiger partial charge on any atom is -0.468 e. The SMILES string of the molecule is C=C/C(=C\CC)CCOC=O.CCC.C[C@@H]1CCCCC1C(=O)SN1C=CC1.